The molecule has 1 aromatic carbocycles. The molecule has 6 rings (SSSR count). The highest BCUT2D eigenvalue weighted by Gasteiger charge is 2.32. The quantitative estimate of drug-likeness (QED) is 0.395. The first kappa shape index (κ1) is 26.4. The molecule has 10 nitrogen and oxygen atoms in total. The Kier molecular flexibility index (Phi) is 7.27. The molecule has 0 saturated carbocycles. The van der Waals surface area contributed by atoms with Crippen molar-refractivity contribution in [1.82, 2.24) is 34.7 Å². The number of H-pyrrole nitrogens is 1. The summed E-state index contributed by atoms with van der Waals surface area (Å²) in [5.74, 6) is 0.374. The standard InChI is InChI=1S/C29H33ClN8O2/c1-18(14-24-26-28(34-16-32-24)35-17-33-26)22-15-23(30)21-4-3-7-31-25(21)27(22)37-10-12-38(13-11-37)29(40)20-5-8-36(9-6-20)19(2)39/h3-4,7,15-18,20H,5-6,8-14H2,1-2H3,(H,32,33,34,35). The van der Waals surface area contributed by atoms with E-state index in [0.29, 0.717) is 56.4 Å². The first-order valence-electron chi connectivity index (χ1n) is 13.9. The summed E-state index contributed by atoms with van der Waals surface area (Å²) in [6.45, 7) is 7.82. The van der Waals surface area contributed by atoms with Crippen LogP contribution in [0.4, 0.5) is 5.69 Å². The van der Waals surface area contributed by atoms with Crippen LogP contribution in [-0.4, -0.2) is 85.8 Å². The molecule has 2 amide bonds. The second-order valence-electron chi connectivity index (χ2n) is 10.8. The normalized spacial score (nSPS) is 17.5. The number of aromatic nitrogens is 5. The molecular weight excluding hydrogens is 528 g/mol. The zero-order valence-corrected chi connectivity index (χ0v) is 23.6. The summed E-state index contributed by atoms with van der Waals surface area (Å²) < 4.78 is 0. The molecule has 2 aliphatic rings. The third-order valence-corrected chi connectivity index (χ3v) is 8.69. The number of halogens is 1. The number of likely N-dealkylation sites (tertiary alicyclic amines) is 1. The Morgan fingerprint density at radius 1 is 1.05 bits per heavy atom. The largest absolute Gasteiger partial charge is 0.366 e. The van der Waals surface area contributed by atoms with E-state index in [4.69, 9.17) is 16.6 Å². The van der Waals surface area contributed by atoms with Gasteiger partial charge in [-0.25, -0.2) is 15.0 Å². The third-order valence-electron chi connectivity index (χ3n) is 8.37. The van der Waals surface area contributed by atoms with Crippen LogP contribution in [0.3, 0.4) is 0 Å². The van der Waals surface area contributed by atoms with Crippen molar-refractivity contribution in [3.05, 3.63) is 53.3 Å². The molecule has 11 heteroatoms. The maximum atomic E-state index is 13.3. The molecule has 40 heavy (non-hydrogen) atoms. The Balaban J connectivity index is 1.24. The molecule has 1 unspecified atom stereocenters. The van der Waals surface area contributed by atoms with Gasteiger partial charge in [0.05, 0.1) is 28.2 Å². The summed E-state index contributed by atoms with van der Waals surface area (Å²) in [6.07, 6.45) is 7.16. The van der Waals surface area contributed by atoms with Gasteiger partial charge in [0.15, 0.2) is 5.65 Å². The Labute approximate surface area is 237 Å². The molecule has 5 heterocycles. The average Bonchev–Trinajstić information content (AvgIpc) is 3.47. The number of piperidine rings is 1. The van der Waals surface area contributed by atoms with Crippen molar-refractivity contribution in [2.24, 2.45) is 5.92 Å². The molecule has 4 aromatic rings. The summed E-state index contributed by atoms with van der Waals surface area (Å²) in [4.78, 5) is 52.2. The van der Waals surface area contributed by atoms with Crippen molar-refractivity contribution in [2.75, 3.05) is 44.2 Å². The summed E-state index contributed by atoms with van der Waals surface area (Å²) in [5.41, 5.74) is 5.47. The van der Waals surface area contributed by atoms with Crippen LogP contribution in [0, 0.1) is 5.92 Å². The van der Waals surface area contributed by atoms with Gasteiger partial charge in [-0.2, -0.15) is 0 Å². The van der Waals surface area contributed by atoms with Crippen LogP contribution in [0.5, 0.6) is 0 Å². The maximum absolute atomic E-state index is 13.3. The monoisotopic (exact) mass is 560 g/mol. The number of hydrogen-bond acceptors (Lipinski definition) is 7. The first-order valence-corrected chi connectivity index (χ1v) is 14.3. The molecule has 1 atom stereocenters. The number of fused-ring (bicyclic) bond motifs is 2. The van der Waals surface area contributed by atoms with E-state index in [-0.39, 0.29) is 23.7 Å². The smallest absolute Gasteiger partial charge is 0.225 e. The number of aromatic amines is 1. The summed E-state index contributed by atoms with van der Waals surface area (Å²) >= 11 is 6.80. The van der Waals surface area contributed by atoms with Crippen molar-refractivity contribution in [3.8, 4) is 0 Å². The molecular formula is C29H33ClN8O2. The predicted molar refractivity (Wildman–Crippen MR) is 154 cm³/mol. The molecule has 0 radical (unpaired) electrons. The van der Waals surface area contributed by atoms with Crippen LogP contribution in [-0.2, 0) is 16.0 Å². The Hall–Kier alpha value is -3.79. The highest BCUT2D eigenvalue weighted by molar-refractivity contribution is 6.36. The number of imidazole rings is 1. The highest BCUT2D eigenvalue weighted by atomic mass is 35.5. The molecule has 2 fully saturated rings. The number of piperazine rings is 1. The second kappa shape index (κ2) is 11.0. The first-order chi connectivity index (χ1) is 19.4. The van der Waals surface area contributed by atoms with Crippen LogP contribution < -0.4 is 4.90 Å². The lowest BCUT2D eigenvalue weighted by molar-refractivity contribution is -0.140. The second-order valence-corrected chi connectivity index (χ2v) is 11.2. The van der Waals surface area contributed by atoms with Gasteiger partial charge in [0.1, 0.15) is 11.8 Å². The van der Waals surface area contributed by atoms with Gasteiger partial charge >= 0.3 is 0 Å². The minimum atomic E-state index is -0.0112. The fourth-order valence-corrected chi connectivity index (χ4v) is 6.40. The Morgan fingerprint density at radius 2 is 1.82 bits per heavy atom. The number of rotatable bonds is 5. The summed E-state index contributed by atoms with van der Waals surface area (Å²) in [7, 11) is 0. The van der Waals surface area contributed by atoms with E-state index < -0.39 is 0 Å². The van der Waals surface area contributed by atoms with Gasteiger partial charge in [0.2, 0.25) is 11.8 Å². The average molecular weight is 561 g/mol. The number of carbonyl (C=O) groups excluding carboxylic acids is 2. The highest BCUT2D eigenvalue weighted by Crippen LogP contribution is 2.40. The molecule has 1 N–H and O–H groups in total. The number of amides is 2. The zero-order chi connectivity index (χ0) is 27.8. The lowest BCUT2D eigenvalue weighted by Gasteiger charge is -2.40. The maximum Gasteiger partial charge on any atom is 0.225 e. The number of nitrogens with one attached hydrogen (secondary N) is 1. The fraction of sp³-hybridized carbons (Fsp3) is 0.448. The molecule has 0 aliphatic carbocycles. The lowest BCUT2D eigenvalue weighted by atomic mass is 9.91. The lowest BCUT2D eigenvalue weighted by Crippen LogP contribution is -2.52. The van der Waals surface area contributed by atoms with Crippen LogP contribution in [0.2, 0.25) is 5.02 Å². The van der Waals surface area contributed by atoms with Crippen LogP contribution in [0.15, 0.2) is 37.1 Å². The number of benzene rings is 1. The number of carbonyl (C=O) groups is 2. The van der Waals surface area contributed by atoms with E-state index >= 15 is 0 Å². The summed E-state index contributed by atoms with van der Waals surface area (Å²) in [5, 5.41) is 1.60. The van der Waals surface area contributed by atoms with E-state index in [9.17, 15) is 9.59 Å². The molecule has 2 aliphatic heterocycles. The van der Waals surface area contributed by atoms with E-state index in [0.717, 1.165) is 46.2 Å². The zero-order valence-electron chi connectivity index (χ0n) is 22.8. The van der Waals surface area contributed by atoms with Gasteiger partial charge in [-0.1, -0.05) is 18.5 Å². The van der Waals surface area contributed by atoms with Gasteiger partial charge in [0, 0.05) is 63.7 Å². The van der Waals surface area contributed by atoms with Gasteiger partial charge in [-0.05, 0) is 48.9 Å². The number of pyridine rings is 1. The number of nitrogens with zero attached hydrogens (tertiary/aromatic N) is 7. The minimum absolute atomic E-state index is 0.0112. The third kappa shape index (κ3) is 4.96. The van der Waals surface area contributed by atoms with Crippen molar-refractivity contribution < 1.29 is 9.59 Å². The molecule has 0 spiro atoms. The van der Waals surface area contributed by atoms with Crippen LogP contribution >= 0.6 is 11.6 Å². The van der Waals surface area contributed by atoms with Gasteiger partial charge in [-0.3, -0.25) is 14.6 Å². The minimum Gasteiger partial charge on any atom is -0.366 e. The fourth-order valence-electron chi connectivity index (χ4n) is 6.13. The Morgan fingerprint density at radius 3 is 2.58 bits per heavy atom. The van der Waals surface area contributed by atoms with Crippen molar-refractivity contribution in [3.63, 3.8) is 0 Å². The van der Waals surface area contributed by atoms with Crippen molar-refractivity contribution >= 4 is 51.2 Å². The molecule has 0 bridgehead atoms. The molecule has 208 valence electrons. The van der Waals surface area contributed by atoms with Crippen LogP contribution in [0.25, 0.3) is 22.1 Å². The van der Waals surface area contributed by atoms with E-state index in [1.807, 2.05) is 28.1 Å². The predicted octanol–water partition coefficient (Wildman–Crippen LogP) is 3.81. The van der Waals surface area contributed by atoms with Crippen molar-refractivity contribution in [1.29, 1.82) is 0 Å². The molecule has 2 saturated heterocycles. The van der Waals surface area contributed by atoms with Gasteiger partial charge < -0.3 is 19.7 Å². The summed E-state index contributed by atoms with van der Waals surface area (Å²) in [6, 6.07) is 5.98. The van der Waals surface area contributed by atoms with E-state index in [1.54, 1.807) is 19.6 Å². The van der Waals surface area contributed by atoms with Gasteiger partial charge in [-0.15, -0.1) is 0 Å². The molecule has 3 aromatic heterocycles. The SMILES string of the molecule is CC(=O)N1CCC(C(=O)N2CCN(c3c(C(C)Cc4ncnc5nc[nH]c45)cc(Cl)c4cccnc34)CC2)CC1. The van der Waals surface area contributed by atoms with E-state index in [1.165, 1.54) is 0 Å². The topological polar surface area (TPSA) is 111 Å². The van der Waals surface area contributed by atoms with Gasteiger partial charge in [0.25, 0.3) is 0 Å². The Bertz CT molecular complexity index is 1560. The van der Waals surface area contributed by atoms with E-state index in [2.05, 4.69) is 37.8 Å². The number of hydrogen-bond donors (Lipinski definition) is 1. The van der Waals surface area contributed by atoms with Crippen LogP contribution in [0.1, 0.15) is 43.9 Å². The van der Waals surface area contributed by atoms with Crippen molar-refractivity contribution in [2.45, 2.75) is 39.0 Å². The number of anilines is 1.